The zero-order valence-electron chi connectivity index (χ0n) is 11.2. The van der Waals surface area contributed by atoms with E-state index < -0.39 is 6.10 Å². The Bertz CT molecular complexity index is 498. The molecule has 7 heteroatoms. The van der Waals surface area contributed by atoms with E-state index >= 15 is 0 Å². The minimum Gasteiger partial charge on any atom is -0.392 e. The third-order valence-corrected chi connectivity index (χ3v) is 3.90. The molecule has 7 nitrogen and oxygen atoms in total. The first-order chi connectivity index (χ1) is 9.76. The second kappa shape index (κ2) is 5.87. The van der Waals surface area contributed by atoms with E-state index in [1.165, 1.54) is 12.8 Å². The Morgan fingerprint density at radius 2 is 2.45 bits per heavy atom. The van der Waals surface area contributed by atoms with E-state index in [9.17, 15) is 5.11 Å². The lowest BCUT2D eigenvalue weighted by Crippen LogP contribution is -2.42. The van der Waals surface area contributed by atoms with Gasteiger partial charge in [-0.25, -0.2) is 0 Å². The van der Waals surface area contributed by atoms with Gasteiger partial charge in [0, 0.05) is 12.6 Å². The number of fused-ring (bicyclic) bond motifs is 1. The molecule has 0 aliphatic carbocycles. The molecule has 0 bridgehead atoms. The molecule has 20 heavy (non-hydrogen) atoms. The predicted octanol–water partition coefficient (Wildman–Crippen LogP) is 0.422. The largest absolute Gasteiger partial charge is 0.392 e. The van der Waals surface area contributed by atoms with Gasteiger partial charge in [0.05, 0.1) is 31.6 Å². The Labute approximate surface area is 117 Å². The van der Waals surface area contributed by atoms with E-state index in [2.05, 4.69) is 15.0 Å². The van der Waals surface area contributed by atoms with Crippen molar-refractivity contribution in [1.29, 1.82) is 5.26 Å². The molecule has 1 aromatic rings. The zero-order valence-corrected chi connectivity index (χ0v) is 11.2. The Morgan fingerprint density at radius 1 is 1.55 bits per heavy atom. The Balaban J connectivity index is 1.60. The van der Waals surface area contributed by atoms with Gasteiger partial charge in [0.25, 0.3) is 0 Å². The molecule has 0 amide bonds. The Hall–Kier alpha value is -1.49. The average molecular weight is 278 g/mol. The summed E-state index contributed by atoms with van der Waals surface area (Å²) in [5.74, 6) is 0.893. The molecule has 108 valence electrons. The van der Waals surface area contributed by atoms with Crippen LogP contribution in [0, 0.1) is 11.3 Å². The van der Waals surface area contributed by atoms with Gasteiger partial charge in [-0.3, -0.25) is 4.90 Å². The van der Waals surface area contributed by atoms with Gasteiger partial charge >= 0.3 is 0 Å². The van der Waals surface area contributed by atoms with Crippen LogP contribution in [0.2, 0.25) is 0 Å². The highest BCUT2D eigenvalue weighted by Crippen LogP contribution is 2.28. The van der Waals surface area contributed by atoms with Crippen molar-refractivity contribution in [1.82, 2.24) is 15.0 Å². The number of ether oxygens (including phenoxy) is 1. The van der Waals surface area contributed by atoms with Crippen LogP contribution < -0.4 is 0 Å². The summed E-state index contributed by atoms with van der Waals surface area (Å²) in [6.45, 7) is 2.62. The number of aliphatic hydroxyl groups is 1. The smallest absolute Gasteiger partial charge is 0.229 e. The van der Waals surface area contributed by atoms with Crippen LogP contribution in [0.25, 0.3) is 0 Å². The van der Waals surface area contributed by atoms with Gasteiger partial charge in [0.2, 0.25) is 11.7 Å². The number of rotatable bonds is 4. The number of aliphatic hydroxyl groups excluding tert-OH is 1. The number of hydrogen-bond acceptors (Lipinski definition) is 7. The van der Waals surface area contributed by atoms with E-state index in [0.717, 1.165) is 13.1 Å². The molecule has 2 saturated heterocycles. The van der Waals surface area contributed by atoms with E-state index in [1.807, 2.05) is 6.07 Å². The summed E-state index contributed by atoms with van der Waals surface area (Å²) >= 11 is 0. The van der Waals surface area contributed by atoms with Gasteiger partial charge in [-0.2, -0.15) is 10.2 Å². The molecule has 3 atom stereocenters. The Morgan fingerprint density at radius 3 is 3.30 bits per heavy atom. The highest BCUT2D eigenvalue weighted by Gasteiger charge is 2.34. The minimum atomic E-state index is -0.761. The lowest BCUT2D eigenvalue weighted by Gasteiger charge is -2.33. The van der Waals surface area contributed by atoms with Gasteiger partial charge < -0.3 is 14.4 Å². The number of morpholine rings is 1. The molecule has 3 unspecified atom stereocenters. The summed E-state index contributed by atoms with van der Waals surface area (Å²) in [4.78, 5) is 6.68. The maximum absolute atomic E-state index is 9.56. The first-order valence-electron chi connectivity index (χ1n) is 6.99. The molecule has 0 aromatic carbocycles. The van der Waals surface area contributed by atoms with Crippen molar-refractivity contribution in [2.45, 2.75) is 43.9 Å². The minimum absolute atomic E-state index is 0.0626. The molecule has 0 radical (unpaired) electrons. The summed E-state index contributed by atoms with van der Waals surface area (Å²) < 4.78 is 10.9. The van der Waals surface area contributed by atoms with Crippen molar-refractivity contribution in [3.63, 3.8) is 0 Å². The third kappa shape index (κ3) is 2.82. The summed E-state index contributed by atoms with van der Waals surface area (Å²) in [5.41, 5.74) is 0. The molecular weight excluding hydrogens is 260 g/mol. The molecular formula is C13H18N4O3. The topological polar surface area (TPSA) is 95.4 Å². The van der Waals surface area contributed by atoms with E-state index in [0.29, 0.717) is 24.4 Å². The molecule has 1 N–H and O–H groups in total. The van der Waals surface area contributed by atoms with Gasteiger partial charge in [0.15, 0.2) is 0 Å². The molecule has 2 aliphatic heterocycles. The van der Waals surface area contributed by atoms with Crippen LogP contribution in [-0.4, -0.2) is 52.0 Å². The monoisotopic (exact) mass is 278 g/mol. The van der Waals surface area contributed by atoms with Crippen molar-refractivity contribution in [3.8, 4) is 6.07 Å². The van der Waals surface area contributed by atoms with Crippen LogP contribution in [0.4, 0.5) is 0 Å². The van der Waals surface area contributed by atoms with Crippen LogP contribution >= 0.6 is 0 Å². The third-order valence-electron chi connectivity index (χ3n) is 3.90. The lowest BCUT2D eigenvalue weighted by atomic mass is 10.2. The predicted molar refractivity (Wildman–Crippen MR) is 67.5 cm³/mol. The highest BCUT2D eigenvalue weighted by atomic mass is 16.5. The van der Waals surface area contributed by atoms with Gasteiger partial charge in [0.1, 0.15) is 6.10 Å². The van der Waals surface area contributed by atoms with Gasteiger partial charge in [-0.05, 0) is 19.4 Å². The maximum atomic E-state index is 9.56. The van der Waals surface area contributed by atoms with Crippen LogP contribution in [0.1, 0.15) is 37.1 Å². The van der Waals surface area contributed by atoms with E-state index in [1.54, 1.807) is 0 Å². The van der Waals surface area contributed by atoms with E-state index in [-0.39, 0.29) is 18.9 Å². The number of hydrogen-bond donors (Lipinski definition) is 1. The average Bonchev–Trinajstić information content (AvgIpc) is 3.06. The zero-order chi connectivity index (χ0) is 13.9. The van der Waals surface area contributed by atoms with Crippen molar-refractivity contribution >= 4 is 0 Å². The molecule has 2 aliphatic rings. The summed E-state index contributed by atoms with van der Waals surface area (Å²) in [6.07, 6.45) is 1.77. The van der Waals surface area contributed by atoms with E-state index in [4.69, 9.17) is 14.5 Å². The fourth-order valence-electron chi connectivity index (χ4n) is 2.83. The normalized spacial score (nSPS) is 28.0. The highest BCUT2D eigenvalue weighted by molar-refractivity contribution is 4.98. The molecule has 3 heterocycles. The SMILES string of the molecule is N#CCC(O)Cc1nc(C2CN3CCCC3CO2)no1. The quantitative estimate of drug-likeness (QED) is 0.852. The first-order valence-corrected chi connectivity index (χ1v) is 6.99. The maximum Gasteiger partial charge on any atom is 0.229 e. The number of nitrogens with zero attached hydrogens (tertiary/aromatic N) is 4. The lowest BCUT2D eigenvalue weighted by molar-refractivity contribution is -0.0548. The fourth-order valence-corrected chi connectivity index (χ4v) is 2.83. The molecule has 0 spiro atoms. The van der Waals surface area contributed by atoms with Crippen molar-refractivity contribution in [3.05, 3.63) is 11.7 Å². The molecule has 3 rings (SSSR count). The summed E-state index contributed by atoms with van der Waals surface area (Å²) in [7, 11) is 0. The number of nitriles is 1. The molecule has 2 fully saturated rings. The molecule has 1 aromatic heterocycles. The number of aromatic nitrogens is 2. The first kappa shape index (κ1) is 13.5. The van der Waals surface area contributed by atoms with Crippen molar-refractivity contribution in [2.75, 3.05) is 19.7 Å². The van der Waals surface area contributed by atoms with Crippen LogP contribution in [-0.2, 0) is 11.2 Å². The second-order valence-electron chi connectivity index (χ2n) is 5.38. The standard InChI is InChI=1S/C13H18N4O3/c14-4-3-10(18)6-12-15-13(16-20-12)11-7-17-5-1-2-9(17)8-19-11/h9-11,18H,1-3,5-8H2. The van der Waals surface area contributed by atoms with Crippen LogP contribution in [0.15, 0.2) is 4.52 Å². The Kier molecular flexibility index (Phi) is 3.96. The molecule has 0 saturated carbocycles. The van der Waals surface area contributed by atoms with Gasteiger partial charge in [-0.15, -0.1) is 0 Å². The second-order valence-corrected chi connectivity index (χ2v) is 5.38. The van der Waals surface area contributed by atoms with Gasteiger partial charge in [-0.1, -0.05) is 5.16 Å². The van der Waals surface area contributed by atoms with Crippen molar-refractivity contribution < 1.29 is 14.4 Å². The summed E-state index contributed by atoms with van der Waals surface area (Å²) in [5, 5.41) is 22.0. The van der Waals surface area contributed by atoms with Crippen LogP contribution in [0.5, 0.6) is 0 Å². The fraction of sp³-hybridized carbons (Fsp3) is 0.769. The van der Waals surface area contributed by atoms with Crippen LogP contribution in [0.3, 0.4) is 0 Å². The van der Waals surface area contributed by atoms with Crippen molar-refractivity contribution in [2.24, 2.45) is 0 Å². The summed E-state index contributed by atoms with van der Waals surface area (Å²) in [6, 6.07) is 2.45.